The minimum atomic E-state index is 0.00299. The SMILES string of the molecule is CCN(CCn1cccn1)C(=O)c1cccc(-c2cncc(N(C)C)n2)c1. The van der Waals surface area contributed by atoms with Crippen molar-refractivity contribution < 1.29 is 4.79 Å². The summed E-state index contributed by atoms with van der Waals surface area (Å²) in [7, 11) is 3.85. The van der Waals surface area contributed by atoms with Crippen LogP contribution in [-0.2, 0) is 6.54 Å². The molecule has 140 valence electrons. The van der Waals surface area contributed by atoms with Gasteiger partial charge in [0.15, 0.2) is 0 Å². The molecule has 7 heteroatoms. The van der Waals surface area contributed by atoms with Gasteiger partial charge in [-0.1, -0.05) is 12.1 Å². The van der Waals surface area contributed by atoms with Crippen LogP contribution in [0.15, 0.2) is 55.1 Å². The molecule has 0 aliphatic carbocycles. The monoisotopic (exact) mass is 364 g/mol. The second-order valence-corrected chi connectivity index (χ2v) is 6.39. The lowest BCUT2D eigenvalue weighted by Gasteiger charge is -2.21. The van der Waals surface area contributed by atoms with Gasteiger partial charge in [0.2, 0.25) is 0 Å². The van der Waals surface area contributed by atoms with Gasteiger partial charge in [-0.25, -0.2) is 4.98 Å². The molecule has 0 saturated carbocycles. The van der Waals surface area contributed by atoms with Crippen LogP contribution < -0.4 is 4.90 Å². The second-order valence-electron chi connectivity index (χ2n) is 6.39. The quantitative estimate of drug-likeness (QED) is 0.645. The van der Waals surface area contributed by atoms with Crippen LogP contribution in [0.1, 0.15) is 17.3 Å². The third-order valence-electron chi connectivity index (χ3n) is 4.31. The van der Waals surface area contributed by atoms with Crippen molar-refractivity contribution >= 4 is 11.7 Å². The summed E-state index contributed by atoms with van der Waals surface area (Å²) in [4.78, 5) is 25.5. The van der Waals surface area contributed by atoms with Crippen LogP contribution in [0.25, 0.3) is 11.3 Å². The maximum Gasteiger partial charge on any atom is 0.253 e. The zero-order valence-electron chi connectivity index (χ0n) is 15.9. The molecule has 0 atom stereocenters. The lowest BCUT2D eigenvalue weighted by Crippen LogP contribution is -2.33. The molecule has 2 aromatic heterocycles. The van der Waals surface area contributed by atoms with E-state index < -0.39 is 0 Å². The predicted octanol–water partition coefficient (Wildman–Crippen LogP) is 2.57. The standard InChI is InChI=1S/C20H24N6O/c1-4-25(11-12-26-10-6-9-22-26)20(27)17-8-5-7-16(13-17)18-14-21-15-19(23-18)24(2)3/h5-10,13-15H,4,11-12H2,1-3H3. The second kappa shape index (κ2) is 8.44. The largest absolute Gasteiger partial charge is 0.361 e. The smallest absolute Gasteiger partial charge is 0.253 e. The number of hydrogen-bond donors (Lipinski definition) is 0. The van der Waals surface area contributed by atoms with Gasteiger partial charge in [0.1, 0.15) is 5.82 Å². The third-order valence-corrected chi connectivity index (χ3v) is 4.31. The number of carbonyl (C=O) groups excluding carboxylic acids is 1. The molecule has 27 heavy (non-hydrogen) atoms. The highest BCUT2D eigenvalue weighted by molar-refractivity contribution is 5.95. The van der Waals surface area contributed by atoms with Crippen molar-refractivity contribution in [2.45, 2.75) is 13.5 Å². The summed E-state index contributed by atoms with van der Waals surface area (Å²) >= 11 is 0. The van der Waals surface area contributed by atoms with E-state index in [1.807, 2.05) is 72.0 Å². The minimum absolute atomic E-state index is 0.00299. The molecule has 2 heterocycles. The fourth-order valence-corrected chi connectivity index (χ4v) is 2.76. The number of nitrogens with zero attached hydrogens (tertiary/aromatic N) is 6. The number of rotatable bonds is 7. The van der Waals surface area contributed by atoms with Crippen LogP contribution in [0.5, 0.6) is 0 Å². The average Bonchev–Trinajstić information content (AvgIpc) is 3.22. The first-order chi connectivity index (χ1) is 13.1. The molecule has 0 radical (unpaired) electrons. The Morgan fingerprint density at radius 1 is 1.19 bits per heavy atom. The van der Waals surface area contributed by atoms with E-state index >= 15 is 0 Å². The van der Waals surface area contributed by atoms with Gasteiger partial charge in [0.05, 0.1) is 24.6 Å². The van der Waals surface area contributed by atoms with Crippen molar-refractivity contribution in [1.82, 2.24) is 24.6 Å². The predicted molar refractivity (Wildman–Crippen MR) is 106 cm³/mol. The summed E-state index contributed by atoms with van der Waals surface area (Å²) in [6, 6.07) is 9.42. The number of hydrogen-bond acceptors (Lipinski definition) is 5. The number of carbonyl (C=O) groups is 1. The molecule has 0 N–H and O–H groups in total. The molecule has 0 aliphatic heterocycles. The molecule has 3 rings (SSSR count). The highest BCUT2D eigenvalue weighted by Gasteiger charge is 2.15. The Labute approximate surface area is 159 Å². The number of anilines is 1. The van der Waals surface area contributed by atoms with E-state index in [1.54, 1.807) is 18.6 Å². The van der Waals surface area contributed by atoms with E-state index in [0.717, 1.165) is 17.1 Å². The van der Waals surface area contributed by atoms with Crippen molar-refractivity contribution in [2.75, 3.05) is 32.1 Å². The first-order valence-electron chi connectivity index (χ1n) is 8.95. The van der Waals surface area contributed by atoms with E-state index in [4.69, 9.17) is 0 Å². The molecule has 0 aliphatic rings. The van der Waals surface area contributed by atoms with Gasteiger partial charge in [-0.15, -0.1) is 0 Å². The number of likely N-dealkylation sites (N-methyl/N-ethyl adjacent to an activating group) is 1. The average molecular weight is 364 g/mol. The molecular formula is C20H24N6O. The van der Waals surface area contributed by atoms with Gasteiger partial charge in [0.25, 0.3) is 5.91 Å². The zero-order chi connectivity index (χ0) is 19.2. The Bertz CT molecular complexity index is 891. The molecule has 0 unspecified atom stereocenters. The van der Waals surface area contributed by atoms with Crippen LogP contribution in [0.2, 0.25) is 0 Å². The first-order valence-corrected chi connectivity index (χ1v) is 8.95. The van der Waals surface area contributed by atoms with Gasteiger partial charge >= 0.3 is 0 Å². The van der Waals surface area contributed by atoms with Crippen LogP contribution in [0.4, 0.5) is 5.82 Å². The normalized spacial score (nSPS) is 10.6. The minimum Gasteiger partial charge on any atom is -0.361 e. The molecule has 0 saturated heterocycles. The number of benzene rings is 1. The lowest BCUT2D eigenvalue weighted by atomic mass is 10.1. The lowest BCUT2D eigenvalue weighted by molar-refractivity contribution is 0.0757. The van der Waals surface area contributed by atoms with Crippen molar-refractivity contribution in [3.8, 4) is 11.3 Å². The molecule has 0 bridgehead atoms. The Morgan fingerprint density at radius 3 is 2.74 bits per heavy atom. The maximum atomic E-state index is 12.9. The third kappa shape index (κ3) is 4.49. The Kier molecular flexibility index (Phi) is 5.80. The van der Waals surface area contributed by atoms with Gasteiger partial charge in [0, 0.05) is 50.7 Å². The Morgan fingerprint density at radius 2 is 2.04 bits per heavy atom. The fraction of sp³-hybridized carbons (Fsp3) is 0.300. The highest BCUT2D eigenvalue weighted by Crippen LogP contribution is 2.20. The van der Waals surface area contributed by atoms with Crippen molar-refractivity contribution in [3.05, 3.63) is 60.7 Å². The van der Waals surface area contributed by atoms with Crippen LogP contribution in [0.3, 0.4) is 0 Å². The van der Waals surface area contributed by atoms with Gasteiger partial charge < -0.3 is 9.80 Å². The summed E-state index contributed by atoms with van der Waals surface area (Å²) in [5.41, 5.74) is 2.27. The summed E-state index contributed by atoms with van der Waals surface area (Å²) < 4.78 is 1.83. The number of aromatic nitrogens is 4. The van der Waals surface area contributed by atoms with Crippen molar-refractivity contribution in [2.24, 2.45) is 0 Å². The summed E-state index contributed by atoms with van der Waals surface area (Å²) in [6.45, 7) is 3.90. The molecule has 0 fully saturated rings. The van der Waals surface area contributed by atoms with Crippen molar-refractivity contribution in [3.63, 3.8) is 0 Å². The number of amides is 1. The van der Waals surface area contributed by atoms with Gasteiger partial charge in [-0.2, -0.15) is 5.10 Å². The fourth-order valence-electron chi connectivity index (χ4n) is 2.76. The van der Waals surface area contributed by atoms with Gasteiger partial charge in [-0.05, 0) is 25.1 Å². The van der Waals surface area contributed by atoms with Gasteiger partial charge in [-0.3, -0.25) is 14.5 Å². The zero-order valence-corrected chi connectivity index (χ0v) is 15.9. The molecule has 1 aromatic carbocycles. The van der Waals surface area contributed by atoms with Crippen molar-refractivity contribution in [1.29, 1.82) is 0 Å². The molecular weight excluding hydrogens is 340 g/mol. The Hall–Kier alpha value is -3.22. The van der Waals surface area contributed by atoms with E-state index in [0.29, 0.717) is 25.2 Å². The van der Waals surface area contributed by atoms with Crippen LogP contribution in [-0.4, -0.2) is 57.7 Å². The van der Waals surface area contributed by atoms with E-state index in [2.05, 4.69) is 15.1 Å². The highest BCUT2D eigenvalue weighted by atomic mass is 16.2. The van der Waals surface area contributed by atoms with E-state index in [1.165, 1.54) is 0 Å². The molecule has 3 aromatic rings. The first kappa shape index (κ1) is 18.6. The van der Waals surface area contributed by atoms with E-state index in [-0.39, 0.29) is 5.91 Å². The Balaban J connectivity index is 1.79. The van der Waals surface area contributed by atoms with Crippen LogP contribution >= 0.6 is 0 Å². The summed E-state index contributed by atoms with van der Waals surface area (Å²) in [6.07, 6.45) is 7.07. The van der Waals surface area contributed by atoms with E-state index in [9.17, 15) is 4.79 Å². The molecule has 0 spiro atoms. The molecule has 7 nitrogen and oxygen atoms in total. The van der Waals surface area contributed by atoms with Crippen LogP contribution in [0, 0.1) is 0 Å². The topological polar surface area (TPSA) is 67.2 Å². The molecule has 1 amide bonds. The summed E-state index contributed by atoms with van der Waals surface area (Å²) in [5.74, 6) is 0.780. The summed E-state index contributed by atoms with van der Waals surface area (Å²) in [5, 5.41) is 4.19. The maximum absolute atomic E-state index is 12.9.